The fourth-order valence-corrected chi connectivity index (χ4v) is 4.22. The molecule has 7 heteroatoms. The summed E-state index contributed by atoms with van der Waals surface area (Å²) in [5, 5.41) is 9.66. The van der Waals surface area contributed by atoms with Gasteiger partial charge in [-0.05, 0) is 48.7 Å². The molecule has 7 nitrogen and oxygen atoms in total. The average Bonchev–Trinajstić information content (AvgIpc) is 3.12. The van der Waals surface area contributed by atoms with Crippen LogP contribution in [0.25, 0.3) is 11.1 Å². The first kappa shape index (κ1) is 19.0. The van der Waals surface area contributed by atoms with Crippen LogP contribution in [0.5, 0.6) is 0 Å². The average molecular weight is 393 g/mol. The van der Waals surface area contributed by atoms with Gasteiger partial charge in [0.2, 0.25) is 11.8 Å². The molecule has 150 valence electrons. The van der Waals surface area contributed by atoms with Gasteiger partial charge >= 0.3 is 6.09 Å². The van der Waals surface area contributed by atoms with Crippen molar-refractivity contribution in [2.45, 2.75) is 32.7 Å². The van der Waals surface area contributed by atoms with Gasteiger partial charge in [-0.25, -0.2) is 4.79 Å². The number of hydrogen-bond acceptors (Lipinski definition) is 3. The molecule has 1 saturated heterocycles. The fourth-order valence-electron chi connectivity index (χ4n) is 4.22. The van der Waals surface area contributed by atoms with Crippen LogP contribution in [0.4, 0.5) is 21.9 Å². The zero-order valence-corrected chi connectivity index (χ0v) is 16.5. The van der Waals surface area contributed by atoms with E-state index in [4.69, 9.17) is 0 Å². The molecule has 1 atom stereocenters. The largest absolute Gasteiger partial charge is 0.465 e. The van der Waals surface area contributed by atoms with E-state index in [-0.39, 0.29) is 24.4 Å². The van der Waals surface area contributed by atoms with E-state index in [1.54, 1.807) is 21.9 Å². The molecule has 29 heavy (non-hydrogen) atoms. The predicted octanol–water partition coefficient (Wildman–Crippen LogP) is 3.72. The summed E-state index contributed by atoms with van der Waals surface area (Å²) in [6, 6.07) is 13.0. The normalized spacial score (nSPS) is 18.8. The van der Waals surface area contributed by atoms with Crippen LogP contribution < -0.4 is 14.7 Å². The van der Waals surface area contributed by atoms with Gasteiger partial charge in [0.1, 0.15) is 0 Å². The summed E-state index contributed by atoms with van der Waals surface area (Å²) in [5.41, 5.74) is 3.75. The van der Waals surface area contributed by atoms with Crippen molar-refractivity contribution in [3.05, 3.63) is 42.5 Å². The highest BCUT2D eigenvalue weighted by atomic mass is 16.4. The Kier molecular flexibility index (Phi) is 4.74. The van der Waals surface area contributed by atoms with Crippen LogP contribution >= 0.6 is 0 Å². The highest BCUT2D eigenvalue weighted by molar-refractivity contribution is 6.03. The molecule has 2 heterocycles. The van der Waals surface area contributed by atoms with Crippen molar-refractivity contribution in [2.24, 2.45) is 0 Å². The molecular weight excluding hydrogens is 370 g/mol. The number of carbonyl (C=O) groups is 3. The van der Waals surface area contributed by atoms with Gasteiger partial charge in [0, 0.05) is 32.1 Å². The predicted molar refractivity (Wildman–Crippen MR) is 111 cm³/mol. The third-order valence-corrected chi connectivity index (χ3v) is 5.57. The van der Waals surface area contributed by atoms with E-state index < -0.39 is 6.09 Å². The minimum Gasteiger partial charge on any atom is -0.465 e. The number of carbonyl (C=O) groups excluding carboxylic acids is 2. The number of carboxylic acid groups (broad SMARTS) is 1. The van der Waals surface area contributed by atoms with Crippen molar-refractivity contribution in [1.29, 1.82) is 0 Å². The number of rotatable bonds is 2. The van der Waals surface area contributed by atoms with Gasteiger partial charge in [0.25, 0.3) is 0 Å². The lowest BCUT2D eigenvalue weighted by Gasteiger charge is -2.39. The summed E-state index contributed by atoms with van der Waals surface area (Å²) in [4.78, 5) is 40.6. The molecule has 1 N–H and O–H groups in total. The molecule has 0 radical (unpaired) electrons. The number of fused-ring (bicyclic) bond motifs is 1. The highest BCUT2D eigenvalue weighted by Gasteiger charge is 2.33. The summed E-state index contributed by atoms with van der Waals surface area (Å²) in [6.07, 6.45) is 0.422. The molecule has 0 aliphatic carbocycles. The van der Waals surface area contributed by atoms with Gasteiger partial charge in [0.05, 0.1) is 17.4 Å². The lowest BCUT2D eigenvalue weighted by atomic mass is 10.0. The number of amides is 3. The third-order valence-electron chi connectivity index (χ3n) is 5.57. The molecule has 0 spiro atoms. The molecule has 2 aromatic carbocycles. The molecule has 0 unspecified atom stereocenters. The van der Waals surface area contributed by atoms with Gasteiger partial charge in [-0.15, -0.1) is 0 Å². The van der Waals surface area contributed by atoms with Crippen molar-refractivity contribution >= 4 is 35.0 Å². The van der Waals surface area contributed by atoms with Gasteiger partial charge in [-0.1, -0.05) is 18.2 Å². The molecule has 2 aliphatic rings. The topological polar surface area (TPSA) is 81.2 Å². The molecule has 2 aliphatic heterocycles. The second-order valence-electron chi connectivity index (χ2n) is 7.53. The Bertz CT molecular complexity index is 986. The summed E-state index contributed by atoms with van der Waals surface area (Å²) in [7, 11) is 0. The first-order valence-corrected chi connectivity index (χ1v) is 9.72. The molecule has 0 saturated carbocycles. The second kappa shape index (κ2) is 7.24. The van der Waals surface area contributed by atoms with Crippen LogP contribution in [0.3, 0.4) is 0 Å². The SMILES string of the molecule is CC(=O)N1c2ccc(-c3ccc(N4CCCC4=O)cc3)cc2N(C(=O)O)C[C@@H]1C. The standard InChI is InChI=1S/C22H23N3O4/c1-14-13-24(22(28)29)20-12-17(7-10-19(20)25(14)15(2)26)16-5-8-18(9-6-16)23-11-3-4-21(23)27/h5-10,12,14H,3-4,11,13H2,1-2H3,(H,28,29)/t14-/m0/s1. The maximum Gasteiger partial charge on any atom is 0.411 e. The first-order valence-electron chi connectivity index (χ1n) is 9.72. The maximum absolute atomic E-state index is 12.1. The Morgan fingerprint density at radius 2 is 1.72 bits per heavy atom. The highest BCUT2D eigenvalue weighted by Crippen LogP contribution is 2.39. The first-order chi connectivity index (χ1) is 13.9. The molecule has 3 amide bonds. The van der Waals surface area contributed by atoms with Crippen molar-refractivity contribution in [1.82, 2.24) is 0 Å². The van der Waals surface area contributed by atoms with E-state index in [1.165, 1.54) is 11.8 Å². The Morgan fingerprint density at radius 1 is 1.03 bits per heavy atom. The van der Waals surface area contributed by atoms with Crippen LogP contribution in [0.1, 0.15) is 26.7 Å². The monoisotopic (exact) mass is 393 g/mol. The second-order valence-corrected chi connectivity index (χ2v) is 7.53. The number of benzene rings is 2. The van der Waals surface area contributed by atoms with Gasteiger partial charge in [-0.2, -0.15) is 0 Å². The van der Waals surface area contributed by atoms with Gasteiger partial charge in [0.15, 0.2) is 0 Å². The van der Waals surface area contributed by atoms with Crippen molar-refractivity contribution in [2.75, 3.05) is 27.8 Å². The fraction of sp³-hybridized carbons (Fsp3) is 0.318. The Hall–Kier alpha value is -3.35. The van der Waals surface area contributed by atoms with Crippen LogP contribution in [0.15, 0.2) is 42.5 Å². The van der Waals surface area contributed by atoms with Crippen LogP contribution in [-0.4, -0.2) is 42.1 Å². The smallest absolute Gasteiger partial charge is 0.411 e. The summed E-state index contributed by atoms with van der Waals surface area (Å²) in [5.74, 6) is 0.0262. The quantitative estimate of drug-likeness (QED) is 0.843. The Labute approximate surface area is 169 Å². The summed E-state index contributed by atoms with van der Waals surface area (Å²) >= 11 is 0. The number of anilines is 3. The Balaban J connectivity index is 1.71. The number of hydrogen-bond donors (Lipinski definition) is 1. The van der Waals surface area contributed by atoms with E-state index in [2.05, 4.69) is 0 Å². The molecule has 2 aromatic rings. The molecule has 1 fully saturated rings. The van der Waals surface area contributed by atoms with Gasteiger partial charge < -0.3 is 14.9 Å². The zero-order chi connectivity index (χ0) is 20.7. The van der Waals surface area contributed by atoms with E-state index in [0.717, 1.165) is 29.8 Å². The zero-order valence-electron chi connectivity index (χ0n) is 16.5. The van der Waals surface area contributed by atoms with Crippen LogP contribution in [0.2, 0.25) is 0 Å². The molecular formula is C22H23N3O4. The van der Waals surface area contributed by atoms with Crippen molar-refractivity contribution < 1.29 is 19.5 Å². The molecule has 4 rings (SSSR count). The minimum atomic E-state index is -1.04. The van der Waals surface area contributed by atoms with Crippen molar-refractivity contribution in [3.8, 4) is 11.1 Å². The van der Waals surface area contributed by atoms with E-state index in [9.17, 15) is 19.5 Å². The van der Waals surface area contributed by atoms with Crippen LogP contribution in [-0.2, 0) is 9.59 Å². The third kappa shape index (κ3) is 3.33. The van der Waals surface area contributed by atoms with E-state index in [1.807, 2.05) is 37.3 Å². The Morgan fingerprint density at radius 3 is 2.31 bits per heavy atom. The summed E-state index contributed by atoms with van der Waals surface area (Å²) < 4.78 is 0. The molecule has 0 bridgehead atoms. The lowest BCUT2D eigenvalue weighted by Crippen LogP contribution is -2.51. The summed E-state index contributed by atoms with van der Waals surface area (Å²) in [6.45, 7) is 4.29. The van der Waals surface area contributed by atoms with Gasteiger partial charge in [-0.3, -0.25) is 14.5 Å². The maximum atomic E-state index is 12.1. The molecule has 0 aromatic heterocycles. The van der Waals surface area contributed by atoms with Crippen LogP contribution in [0, 0.1) is 0 Å². The number of nitrogens with zero attached hydrogens (tertiary/aromatic N) is 3. The minimum absolute atomic E-state index is 0.115. The van der Waals surface area contributed by atoms with E-state index >= 15 is 0 Å². The van der Waals surface area contributed by atoms with E-state index in [0.29, 0.717) is 17.8 Å². The lowest BCUT2D eigenvalue weighted by molar-refractivity contribution is -0.117. The van der Waals surface area contributed by atoms with Crippen molar-refractivity contribution in [3.63, 3.8) is 0 Å².